The molecule has 0 radical (unpaired) electrons. The Morgan fingerprint density at radius 1 is 0.326 bits per heavy atom. The molecule has 214 valence electrons. The molecule has 7 aromatic carbocycles. The van der Waals surface area contributed by atoms with E-state index < -0.39 is 0 Å². The molecule has 0 atom stereocenters. The van der Waals surface area contributed by atoms with E-state index >= 15 is 0 Å². The van der Waals surface area contributed by atoms with Crippen molar-refractivity contribution in [1.82, 2.24) is 15.0 Å². The third-order valence-electron chi connectivity index (χ3n) is 8.94. The minimum absolute atomic E-state index is 0.537. The highest BCUT2D eigenvalue weighted by molar-refractivity contribution is 6.14. The molecule has 0 bridgehead atoms. The van der Waals surface area contributed by atoms with Crippen molar-refractivity contribution in [2.24, 2.45) is 0 Å². The van der Waals surface area contributed by atoms with Gasteiger partial charge in [-0.2, -0.15) is 0 Å². The smallest absolute Gasteiger partial charge is 0.167 e. The van der Waals surface area contributed by atoms with Gasteiger partial charge in [0.05, 0.1) is 11.1 Å². The number of benzene rings is 7. The van der Waals surface area contributed by atoms with Gasteiger partial charge in [-0.3, -0.25) is 0 Å². The van der Waals surface area contributed by atoms with E-state index in [-0.39, 0.29) is 0 Å². The van der Waals surface area contributed by atoms with Crippen LogP contribution in [0.25, 0.3) is 99.6 Å². The maximum Gasteiger partial charge on any atom is 0.167 e. The van der Waals surface area contributed by atoms with Crippen LogP contribution >= 0.6 is 0 Å². The van der Waals surface area contributed by atoms with Crippen molar-refractivity contribution in [3.8, 4) is 34.2 Å². The molecule has 10 aromatic rings. The van der Waals surface area contributed by atoms with Gasteiger partial charge in [0, 0.05) is 32.5 Å². The van der Waals surface area contributed by atoms with Gasteiger partial charge < -0.3 is 8.83 Å². The molecule has 0 saturated carbocycles. The van der Waals surface area contributed by atoms with E-state index in [9.17, 15) is 0 Å². The summed E-state index contributed by atoms with van der Waals surface area (Å²) >= 11 is 0. The zero-order valence-electron chi connectivity index (χ0n) is 24.4. The molecule has 10 rings (SSSR count). The highest BCUT2D eigenvalue weighted by Crippen LogP contribution is 2.39. The SMILES string of the molecule is c1ccc2c(c1)ccc1cccc(-c3nc(-c4cccc5c4oc4ccccc45)nc(-c4cccc5c4oc4ccccc45)n3)c12. The Hall–Kier alpha value is -6.33. The van der Waals surface area contributed by atoms with Gasteiger partial charge in [-0.15, -0.1) is 0 Å². The molecule has 0 saturated heterocycles. The van der Waals surface area contributed by atoms with Crippen molar-refractivity contribution in [3.63, 3.8) is 0 Å². The molecule has 0 aliphatic rings. The molecule has 0 N–H and O–H groups in total. The van der Waals surface area contributed by atoms with Crippen LogP contribution in [-0.2, 0) is 0 Å². The highest BCUT2D eigenvalue weighted by Gasteiger charge is 2.21. The average Bonchev–Trinajstić information content (AvgIpc) is 3.70. The summed E-state index contributed by atoms with van der Waals surface area (Å²) in [7, 11) is 0. The molecular formula is C41H23N3O2. The van der Waals surface area contributed by atoms with Gasteiger partial charge in [0.1, 0.15) is 22.3 Å². The summed E-state index contributed by atoms with van der Waals surface area (Å²) in [5.74, 6) is 1.66. The quantitative estimate of drug-likeness (QED) is 0.192. The first kappa shape index (κ1) is 25.0. The van der Waals surface area contributed by atoms with Crippen LogP contribution in [-0.4, -0.2) is 15.0 Å². The number of aromatic nitrogens is 3. The Balaban J connectivity index is 1.31. The lowest BCUT2D eigenvalue weighted by Crippen LogP contribution is -2.01. The van der Waals surface area contributed by atoms with Crippen molar-refractivity contribution in [2.75, 3.05) is 0 Å². The number of hydrogen-bond donors (Lipinski definition) is 0. The molecule has 5 heteroatoms. The molecule has 0 fully saturated rings. The van der Waals surface area contributed by atoms with Crippen LogP contribution in [0.1, 0.15) is 0 Å². The Labute approximate surface area is 262 Å². The van der Waals surface area contributed by atoms with Crippen LogP contribution in [0.2, 0.25) is 0 Å². The molecule has 46 heavy (non-hydrogen) atoms. The number of fused-ring (bicyclic) bond motifs is 9. The summed E-state index contributed by atoms with van der Waals surface area (Å²) in [5, 5.41) is 8.70. The molecule has 0 spiro atoms. The van der Waals surface area contributed by atoms with Gasteiger partial charge in [0.2, 0.25) is 0 Å². The molecule has 0 aliphatic heterocycles. The van der Waals surface area contributed by atoms with Gasteiger partial charge in [0.15, 0.2) is 17.5 Å². The first-order valence-electron chi connectivity index (χ1n) is 15.3. The van der Waals surface area contributed by atoms with Crippen LogP contribution in [0, 0.1) is 0 Å². The van der Waals surface area contributed by atoms with E-state index in [1.165, 1.54) is 0 Å². The Morgan fingerprint density at radius 3 is 1.39 bits per heavy atom. The third-order valence-corrected chi connectivity index (χ3v) is 8.94. The van der Waals surface area contributed by atoms with Crippen LogP contribution in [0.5, 0.6) is 0 Å². The molecular weight excluding hydrogens is 566 g/mol. The summed E-state index contributed by atoms with van der Waals surface area (Å²) in [6.07, 6.45) is 0. The molecule has 0 unspecified atom stereocenters. The lowest BCUT2D eigenvalue weighted by atomic mass is 9.97. The maximum absolute atomic E-state index is 6.45. The number of rotatable bonds is 3. The van der Waals surface area contributed by atoms with Gasteiger partial charge in [-0.05, 0) is 40.4 Å². The first-order valence-corrected chi connectivity index (χ1v) is 15.3. The van der Waals surface area contributed by atoms with E-state index in [0.717, 1.165) is 82.1 Å². The van der Waals surface area contributed by atoms with E-state index in [0.29, 0.717) is 17.5 Å². The fraction of sp³-hybridized carbons (Fsp3) is 0. The minimum Gasteiger partial charge on any atom is -0.455 e. The van der Waals surface area contributed by atoms with Crippen molar-refractivity contribution in [1.29, 1.82) is 0 Å². The predicted octanol–water partition coefficient (Wildman–Crippen LogP) is 11.0. The summed E-state index contributed by atoms with van der Waals surface area (Å²) in [6, 6.07) is 47.5. The number of nitrogens with zero attached hydrogens (tertiary/aromatic N) is 3. The van der Waals surface area contributed by atoms with E-state index in [2.05, 4.69) is 78.9 Å². The monoisotopic (exact) mass is 589 g/mol. The summed E-state index contributed by atoms with van der Waals surface area (Å²) in [6.45, 7) is 0. The van der Waals surface area contributed by atoms with Gasteiger partial charge in [-0.25, -0.2) is 15.0 Å². The zero-order valence-corrected chi connectivity index (χ0v) is 24.4. The average molecular weight is 590 g/mol. The molecule has 3 aromatic heterocycles. The second-order valence-electron chi connectivity index (χ2n) is 11.6. The van der Waals surface area contributed by atoms with Gasteiger partial charge >= 0.3 is 0 Å². The van der Waals surface area contributed by atoms with Crippen molar-refractivity contribution in [3.05, 3.63) is 140 Å². The Morgan fingerprint density at radius 2 is 0.761 bits per heavy atom. The van der Waals surface area contributed by atoms with E-state index in [1.807, 2.05) is 60.7 Å². The third kappa shape index (κ3) is 3.66. The van der Waals surface area contributed by atoms with Gasteiger partial charge in [0.25, 0.3) is 0 Å². The van der Waals surface area contributed by atoms with Crippen molar-refractivity contribution in [2.45, 2.75) is 0 Å². The minimum atomic E-state index is 0.537. The second-order valence-corrected chi connectivity index (χ2v) is 11.6. The molecule has 0 aliphatic carbocycles. The Bertz CT molecular complexity index is 2700. The lowest BCUT2D eigenvalue weighted by Gasteiger charge is -2.12. The van der Waals surface area contributed by atoms with Crippen LogP contribution in [0.3, 0.4) is 0 Å². The standard InChI is InChI=1S/C41H23N3O2/c1-2-12-26-24(10-1)22-23-25-11-7-17-31(36(25)26)39-42-40(32-18-8-15-29-27-13-3-5-20-34(27)45-37(29)32)44-41(43-39)33-19-9-16-30-28-14-4-6-21-35(28)46-38(30)33/h1-23H. The number of hydrogen-bond acceptors (Lipinski definition) is 5. The van der Waals surface area contributed by atoms with Crippen LogP contribution in [0.15, 0.2) is 148 Å². The Kier molecular flexibility index (Phi) is 5.22. The number of furan rings is 2. The molecule has 0 amide bonds. The second kappa shape index (κ2) is 9.58. The van der Waals surface area contributed by atoms with Crippen LogP contribution < -0.4 is 0 Å². The molecule has 3 heterocycles. The number of para-hydroxylation sites is 4. The zero-order chi connectivity index (χ0) is 30.2. The largest absolute Gasteiger partial charge is 0.455 e. The lowest BCUT2D eigenvalue weighted by molar-refractivity contribution is 0.669. The van der Waals surface area contributed by atoms with Crippen molar-refractivity contribution < 1.29 is 8.83 Å². The summed E-state index contributed by atoms with van der Waals surface area (Å²) in [4.78, 5) is 15.5. The highest BCUT2D eigenvalue weighted by atomic mass is 16.3. The first-order chi connectivity index (χ1) is 22.8. The van der Waals surface area contributed by atoms with Gasteiger partial charge in [-0.1, -0.05) is 115 Å². The normalized spacial score (nSPS) is 11.9. The predicted molar refractivity (Wildman–Crippen MR) is 186 cm³/mol. The maximum atomic E-state index is 6.45. The fourth-order valence-corrected chi connectivity index (χ4v) is 6.83. The van der Waals surface area contributed by atoms with Crippen molar-refractivity contribution >= 4 is 65.4 Å². The van der Waals surface area contributed by atoms with E-state index in [1.54, 1.807) is 0 Å². The van der Waals surface area contributed by atoms with Crippen LogP contribution in [0.4, 0.5) is 0 Å². The fourth-order valence-electron chi connectivity index (χ4n) is 6.83. The summed E-state index contributed by atoms with van der Waals surface area (Å²) < 4.78 is 12.9. The van der Waals surface area contributed by atoms with E-state index in [4.69, 9.17) is 23.8 Å². The topological polar surface area (TPSA) is 65.0 Å². The molecule has 5 nitrogen and oxygen atoms in total. The summed E-state index contributed by atoms with van der Waals surface area (Å²) in [5.41, 5.74) is 5.70.